The molecule has 1 amide bonds. The van der Waals surface area contributed by atoms with Crippen molar-refractivity contribution in [1.29, 1.82) is 0 Å². The SMILES string of the molecule is CC(=O)Nc1ccc(S(=O)(=O)NCC2CCCC2O)cc1. The Balaban J connectivity index is 2.00. The molecular formula is C14H20N2O4S. The number of sulfonamides is 1. The first-order chi connectivity index (χ1) is 9.88. The van der Waals surface area contributed by atoms with Gasteiger partial charge in [-0.3, -0.25) is 4.79 Å². The second kappa shape index (κ2) is 6.55. The van der Waals surface area contributed by atoms with E-state index < -0.39 is 16.1 Å². The Hall–Kier alpha value is -1.44. The lowest BCUT2D eigenvalue weighted by Gasteiger charge is -2.15. The Bertz CT molecular complexity index is 598. The van der Waals surface area contributed by atoms with Gasteiger partial charge >= 0.3 is 0 Å². The molecule has 0 aromatic heterocycles. The van der Waals surface area contributed by atoms with Crippen LogP contribution in [0.2, 0.25) is 0 Å². The van der Waals surface area contributed by atoms with Crippen LogP contribution in [-0.4, -0.2) is 32.1 Å². The predicted octanol–water partition coefficient (Wildman–Crippen LogP) is 1.08. The summed E-state index contributed by atoms with van der Waals surface area (Å²) >= 11 is 0. The summed E-state index contributed by atoms with van der Waals surface area (Å²) in [7, 11) is -3.59. The molecule has 1 fully saturated rings. The van der Waals surface area contributed by atoms with E-state index in [1.54, 1.807) is 12.1 Å². The van der Waals surface area contributed by atoms with Crippen LogP contribution in [0.25, 0.3) is 0 Å². The second-order valence-corrected chi connectivity index (χ2v) is 7.08. The highest BCUT2D eigenvalue weighted by Crippen LogP contribution is 2.25. The minimum atomic E-state index is -3.59. The number of aliphatic hydroxyl groups is 1. The zero-order chi connectivity index (χ0) is 15.5. The molecule has 1 aliphatic carbocycles. The summed E-state index contributed by atoms with van der Waals surface area (Å²) in [6.07, 6.45) is 2.08. The topological polar surface area (TPSA) is 95.5 Å². The Morgan fingerprint density at radius 2 is 1.95 bits per heavy atom. The number of nitrogens with one attached hydrogen (secondary N) is 2. The summed E-state index contributed by atoms with van der Waals surface area (Å²) < 4.78 is 26.8. The van der Waals surface area contributed by atoms with Gasteiger partial charge in [-0.1, -0.05) is 6.42 Å². The van der Waals surface area contributed by atoms with E-state index in [9.17, 15) is 18.3 Å². The van der Waals surface area contributed by atoms with E-state index in [1.165, 1.54) is 19.1 Å². The Labute approximate surface area is 124 Å². The van der Waals surface area contributed by atoms with Crippen LogP contribution in [0.3, 0.4) is 0 Å². The van der Waals surface area contributed by atoms with Gasteiger partial charge in [0, 0.05) is 19.2 Å². The molecule has 21 heavy (non-hydrogen) atoms. The number of amides is 1. The van der Waals surface area contributed by atoms with Crippen molar-refractivity contribution in [2.24, 2.45) is 5.92 Å². The molecule has 2 rings (SSSR count). The van der Waals surface area contributed by atoms with E-state index in [2.05, 4.69) is 10.0 Å². The van der Waals surface area contributed by atoms with Gasteiger partial charge in [0.1, 0.15) is 0 Å². The highest BCUT2D eigenvalue weighted by atomic mass is 32.2. The monoisotopic (exact) mass is 312 g/mol. The summed E-state index contributed by atoms with van der Waals surface area (Å²) in [5.41, 5.74) is 0.549. The zero-order valence-corrected chi connectivity index (χ0v) is 12.7. The van der Waals surface area contributed by atoms with Crippen molar-refractivity contribution in [2.45, 2.75) is 37.2 Å². The van der Waals surface area contributed by atoms with Gasteiger partial charge in [0.25, 0.3) is 0 Å². The molecule has 116 valence electrons. The minimum Gasteiger partial charge on any atom is -0.393 e. The molecule has 0 radical (unpaired) electrons. The lowest BCUT2D eigenvalue weighted by atomic mass is 10.1. The Morgan fingerprint density at radius 3 is 2.48 bits per heavy atom. The molecule has 2 unspecified atom stereocenters. The molecule has 0 spiro atoms. The summed E-state index contributed by atoms with van der Waals surface area (Å²) in [5, 5.41) is 12.3. The summed E-state index contributed by atoms with van der Waals surface area (Å²) in [6.45, 7) is 1.63. The number of carbonyl (C=O) groups excluding carboxylic acids is 1. The van der Waals surface area contributed by atoms with E-state index in [0.717, 1.165) is 19.3 Å². The number of anilines is 1. The Kier molecular flexibility index (Phi) is 4.97. The van der Waals surface area contributed by atoms with Crippen LogP contribution in [0, 0.1) is 5.92 Å². The lowest BCUT2D eigenvalue weighted by Crippen LogP contribution is -2.32. The van der Waals surface area contributed by atoms with Gasteiger partial charge in [0.05, 0.1) is 11.0 Å². The van der Waals surface area contributed by atoms with Gasteiger partial charge in [-0.15, -0.1) is 0 Å². The third-order valence-corrected chi connectivity index (χ3v) is 5.08. The van der Waals surface area contributed by atoms with E-state index in [-0.39, 0.29) is 23.3 Å². The van der Waals surface area contributed by atoms with E-state index in [4.69, 9.17) is 0 Å². The van der Waals surface area contributed by atoms with Crippen LogP contribution in [0.5, 0.6) is 0 Å². The summed E-state index contributed by atoms with van der Waals surface area (Å²) in [5.74, 6) is -0.225. The average Bonchev–Trinajstić information content (AvgIpc) is 2.82. The second-order valence-electron chi connectivity index (χ2n) is 5.32. The van der Waals surface area contributed by atoms with Crippen LogP contribution in [0.1, 0.15) is 26.2 Å². The van der Waals surface area contributed by atoms with E-state index >= 15 is 0 Å². The number of aliphatic hydroxyl groups excluding tert-OH is 1. The van der Waals surface area contributed by atoms with Gasteiger partial charge in [-0.25, -0.2) is 13.1 Å². The highest BCUT2D eigenvalue weighted by molar-refractivity contribution is 7.89. The van der Waals surface area contributed by atoms with Crippen LogP contribution >= 0.6 is 0 Å². The quantitative estimate of drug-likeness (QED) is 0.758. The van der Waals surface area contributed by atoms with Crippen molar-refractivity contribution >= 4 is 21.6 Å². The fraction of sp³-hybridized carbons (Fsp3) is 0.500. The number of benzene rings is 1. The fourth-order valence-electron chi connectivity index (χ4n) is 2.48. The molecule has 1 aromatic rings. The number of rotatable bonds is 5. The first-order valence-electron chi connectivity index (χ1n) is 6.94. The molecule has 1 saturated carbocycles. The molecule has 1 aliphatic rings. The van der Waals surface area contributed by atoms with Crippen molar-refractivity contribution < 1.29 is 18.3 Å². The first kappa shape index (κ1) is 15.9. The molecule has 1 aromatic carbocycles. The molecule has 2 atom stereocenters. The van der Waals surface area contributed by atoms with Crippen LogP contribution < -0.4 is 10.0 Å². The molecule has 0 saturated heterocycles. The molecule has 0 bridgehead atoms. The van der Waals surface area contributed by atoms with Crippen LogP contribution in [0.4, 0.5) is 5.69 Å². The third kappa shape index (κ3) is 4.26. The van der Waals surface area contributed by atoms with Crippen LogP contribution in [0.15, 0.2) is 29.2 Å². The fourth-order valence-corrected chi connectivity index (χ4v) is 3.57. The smallest absolute Gasteiger partial charge is 0.240 e. The molecule has 0 aliphatic heterocycles. The number of hydrogen-bond donors (Lipinski definition) is 3. The van der Waals surface area contributed by atoms with Crippen molar-refractivity contribution in [1.82, 2.24) is 4.72 Å². The average molecular weight is 312 g/mol. The summed E-state index contributed by atoms with van der Waals surface area (Å²) in [6, 6.07) is 5.97. The molecule has 6 nitrogen and oxygen atoms in total. The largest absolute Gasteiger partial charge is 0.393 e. The van der Waals surface area contributed by atoms with Crippen molar-refractivity contribution in [3.8, 4) is 0 Å². The molecule has 7 heteroatoms. The van der Waals surface area contributed by atoms with Crippen LogP contribution in [-0.2, 0) is 14.8 Å². The van der Waals surface area contributed by atoms with E-state index in [0.29, 0.717) is 5.69 Å². The maximum absolute atomic E-state index is 12.1. The highest BCUT2D eigenvalue weighted by Gasteiger charge is 2.26. The van der Waals surface area contributed by atoms with Crippen molar-refractivity contribution in [3.05, 3.63) is 24.3 Å². The maximum atomic E-state index is 12.1. The Morgan fingerprint density at radius 1 is 1.29 bits per heavy atom. The van der Waals surface area contributed by atoms with Gasteiger partial charge < -0.3 is 10.4 Å². The third-order valence-electron chi connectivity index (χ3n) is 3.64. The lowest BCUT2D eigenvalue weighted by molar-refractivity contribution is -0.114. The normalized spacial score (nSPS) is 22.2. The predicted molar refractivity (Wildman–Crippen MR) is 79.3 cm³/mol. The molecular weight excluding hydrogens is 292 g/mol. The molecule has 3 N–H and O–H groups in total. The standard InChI is InChI=1S/C14H20N2O4S/c1-10(17)16-12-5-7-13(8-6-12)21(19,20)15-9-11-3-2-4-14(11)18/h5-8,11,14-15,18H,2-4,9H2,1H3,(H,16,17). The minimum absolute atomic E-state index is 0.0153. The maximum Gasteiger partial charge on any atom is 0.240 e. The zero-order valence-electron chi connectivity index (χ0n) is 11.9. The van der Waals surface area contributed by atoms with Gasteiger partial charge in [0.15, 0.2) is 0 Å². The summed E-state index contributed by atoms with van der Waals surface area (Å²) in [4.78, 5) is 11.1. The van der Waals surface area contributed by atoms with Gasteiger partial charge in [0.2, 0.25) is 15.9 Å². The first-order valence-corrected chi connectivity index (χ1v) is 8.42. The van der Waals surface area contributed by atoms with Gasteiger partial charge in [-0.05, 0) is 43.0 Å². The molecule has 0 heterocycles. The van der Waals surface area contributed by atoms with E-state index in [1.807, 2.05) is 0 Å². The number of carbonyl (C=O) groups is 1. The number of hydrogen-bond acceptors (Lipinski definition) is 4. The van der Waals surface area contributed by atoms with Crippen molar-refractivity contribution in [3.63, 3.8) is 0 Å². The van der Waals surface area contributed by atoms with Gasteiger partial charge in [-0.2, -0.15) is 0 Å². The van der Waals surface area contributed by atoms with Crippen molar-refractivity contribution in [2.75, 3.05) is 11.9 Å².